The summed E-state index contributed by atoms with van der Waals surface area (Å²) in [6, 6.07) is 0.504. The number of amides is 1. The van der Waals surface area contributed by atoms with E-state index in [2.05, 4.69) is 11.9 Å². The number of likely N-dealkylation sites (N-methyl/N-ethyl adjacent to an activating group) is 1. The smallest absolute Gasteiger partial charge is 0.225 e. The van der Waals surface area contributed by atoms with Crippen LogP contribution in [0.3, 0.4) is 0 Å². The van der Waals surface area contributed by atoms with Crippen molar-refractivity contribution in [3.8, 4) is 0 Å². The highest BCUT2D eigenvalue weighted by atomic mass is 16.3. The van der Waals surface area contributed by atoms with Gasteiger partial charge in [0.15, 0.2) is 0 Å². The van der Waals surface area contributed by atoms with E-state index in [1.807, 2.05) is 0 Å². The fraction of sp³-hybridized carbons (Fsp3) is 0.900. The Morgan fingerprint density at radius 2 is 2.36 bits per heavy atom. The number of aliphatic hydroxyl groups excluding tert-OH is 1. The van der Waals surface area contributed by atoms with Crippen molar-refractivity contribution in [1.29, 1.82) is 0 Å². The first-order valence-corrected chi connectivity index (χ1v) is 5.33. The van der Waals surface area contributed by atoms with Gasteiger partial charge in [-0.25, -0.2) is 0 Å². The molecular weight excluding hydrogens is 180 g/mol. The predicted octanol–water partition coefficient (Wildman–Crippen LogP) is -0.326. The van der Waals surface area contributed by atoms with E-state index in [0.29, 0.717) is 19.0 Å². The molecule has 0 aromatic carbocycles. The molecule has 4 nitrogen and oxygen atoms in total. The molecule has 2 fully saturated rings. The fourth-order valence-corrected chi connectivity index (χ4v) is 2.39. The minimum Gasteiger partial charge on any atom is -0.391 e. The maximum absolute atomic E-state index is 11.4. The van der Waals surface area contributed by atoms with Crippen molar-refractivity contribution in [2.75, 3.05) is 26.7 Å². The molecule has 2 aliphatic rings. The number of hydrogen-bond acceptors (Lipinski definition) is 3. The van der Waals surface area contributed by atoms with Crippen molar-refractivity contribution in [2.24, 2.45) is 0 Å². The molecular formula is C10H18N2O2. The monoisotopic (exact) mass is 198 g/mol. The van der Waals surface area contributed by atoms with Crippen LogP contribution >= 0.6 is 0 Å². The zero-order valence-electron chi connectivity index (χ0n) is 8.65. The molecule has 0 aromatic rings. The molecule has 2 atom stereocenters. The van der Waals surface area contributed by atoms with Gasteiger partial charge in [-0.15, -0.1) is 0 Å². The van der Waals surface area contributed by atoms with Crippen LogP contribution in [0.5, 0.6) is 0 Å². The average molecular weight is 198 g/mol. The van der Waals surface area contributed by atoms with Gasteiger partial charge in [-0.05, 0) is 26.4 Å². The molecule has 2 heterocycles. The second kappa shape index (κ2) is 3.87. The number of carbonyl (C=O) groups excluding carboxylic acids is 1. The van der Waals surface area contributed by atoms with Crippen LogP contribution in [0.2, 0.25) is 0 Å². The van der Waals surface area contributed by atoms with E-state index in [1.165, 1.54) is 12.8 Å². The van der Waals surface area contributed by atoms with Gasteiger partial charge in [0.25, 0.3) is 0 Å². The first-order chi connectivity index (χ1) is 6.66. The van der Waals surface area contributed by atoms with Gasteiger partial charge in [0, 0.05) is 19.1 Å². The van der Waals surface area contributed by atoms with Gasteiger partial charge in [-0.2, -0.15) is 0 Å². The highest BCUT2D eigenvalue weighted by Gasteiger charge is 2.31. The van der Waals surface area contributed by atoms with Crippen molar-refractivity contribution in [2.45, 2.75) is 31.4 Å². The summed E-state index contributed by atoms with van der Waals surface area (Å²) in [5.74, 6) is 0.109. The standard InChI is InChI=1S/C10H18N2O2/c1-11-4-2-3-8(11)6-12-7-9(13)5-10(12)14/h8-9,13H,2-7H2,1H3. The summed E-state index contributed by atoms with van der Waals surface area (Å²) in [7, 11) is 2.11. The van der Waals surface area contributed by atoms with E-state index in [0.717, 1.165) is 13.1 Å². The molecule has 0 spiro atoms. The normalized spacial score (nSPS) is 34.4. The third kappa shape index (κ3) is 1.91. The summed E-state index contributed by atoms with van der Waals surface area (Å²) in [5.41, 5.74) is 0. The van der Waals surface area contributed by atoms with E-state index in [-0.39, 0.29) is 5.91 Å². The number of nitrogens with zero attached hydrogens (tertiary/aromatic N) is 2. The summed E-state index contributed by atoms with van der Waals surface area (Å²) in [6.45, 7) is 2.46. The van der Waals surface area contributed by atoms with Gasteiger partial charge in [-0.1, -0.05) is 0 Å². The van der Waals surface area contributed by atoms with Crippen LogP contribution in [0.4, 0.5) is 0 Å². The highest BCUT2D eigenvalue weighted by Crippen LogP contribution is 2.19. The van der Waals surface area contributed by atoms with Crippen molar-refractivity contribution in [1.82, 2.24) is 9.80 Å². The lowest BCUT2D eigenvalue weighted by Gasteiger charge is -2.25. The molecule has 0 radical (unpaired) electrons. The van der Waals surface area contributed by atoms with Crippen LogP contribution in [0.1, 0.15) is 19.3 Å². The molecule has 2 rings (SSSR count). The van der Waals surface area contributed by atoms with Gasteiger partial charge >= 0.3 is 0 Å². The minimum atomic E-state index is -0.436. The summed E-state index contributed by atoms with van der Waals surface area (Å²) >= 11 is 0. The van der Waals surface area contributed by atoms with E-state index in [9.17, 15) is 9.90 Å². The molecule has 4 heteroatoms. The highest BCUT2D eigenvalue weighted by molar-refractivity contribution is 5.79. The quantitative estimate of drug-likeness (QED) is 0.661. The number of hydrogen-bond donors (Lipinski definition) is 1. The molecule has 2 aliphatic heterocycles. The molecule has 2 unspecified atom stereocenters. The molecule has 0 saturated carbocycles. The number of β-amino-alcohol motifs (C(OH)–C–C–N with tert-alkyl or cyclic N) is 1. The van der Waals surface area contributed by atoms with E-state index >= 15 is 0 Å². The van der Waals surface area contributed by atoms with Crippen molar-refractivity contribution >= 4 is 5.91 Å². The first kappa shape index (κ1) is 9.93. The Morgan fingerprint density at radius 1 is 1.57 bits per heavy atom. The fourth-order valence-electron chi connectivity index (χ4n) is 2.39. The van der Waals surface area contributed by atoms with Gasteiger partial charge in [0.1, 0.15) is 0 Å². The number of likely N-dealkylation sites (tertiary alicyclic amines) is 2. The summed E-state index contributed by atoms with van der Waals surface area (Å²) in [6.07, 6.45) is 2.28. The Morgan fingerprint density at radius 3 is 2.86 bits per heavy atom. The second-order valence-electron chi connectivity index (χ2n) is 4.43. The molecule has 0 aromatic heterocycles. The number of rotatable bonds is 2. The van der Waals surface area contributed by atoms with Gasteiger partial charge in [0.2, 0.25) is 5.91 Å². The predicted molar refractivity (Wildman–Crippen MR) is 52.9 cm³/mol. The Bertz CT molecular complexity index is 232. The van der Waals surface area contributed by atoms with E-state index < -0.39 is 6.10 Å². The maximum Gasteiger partial charge on any atom is 0.225 e. The lowest BCUT2D eigenvalue weighted by Crippen LogP contribution is -2.39. The molecule has 0 bridgehead atoms. The van der Waals surface area contributed by atoms with Crippen molar-refractivity contribution < 1.29 is 9.90 Å². The molecule has 1 amide bonds. The molecule has 1 N–H and O–H groups in total. The topological polar surface area (TPSA) is 43.8 Å². The Labute approximate surface area is 84.5 Å². The molecule has 80 valence electrons. The maximum atomic E-state index is 11.4. The second-order valence-corrected chi connectivity index (χ2v) is 4.43. The Balaban J connectivity index is 1.88. The third-order valence-electron chi connectivity index (χ3n) is 3.30. The SMILES string of the molecule is CN1CCCC1CN1CC(O)CC1=O. The Kier molecular flexibility index (Phi) is 2.74. The Hall–Kier alpha value is -0.610. The van der Waals surface area contributed by atoms with E-state index in [1.54, 1.807) is 4.90 Å². The van der Waals surface area contributed by atoms with Crippen LogP contribution in [-0.2, 0) is 4.79 Å². The molecule has 14 heavy (non-hydrogen) atoms. The van der Waals surface area contributed by atoms with Gasteiger partial charge < -0.3 is 14.9 Å². The number of aliphatic hydroxyl groups is 1. The summed E-state index contributed by atoms with van der Waals surface area (Å²) in [4.78, 5) is 15.5. The van der Waals surface area contributed by atoms with Gasteiger partial charge in [0.05, 0.1) is 12.5 Å². The summed E-state index contributed by atoms with van der Waals surface area (Å²) < 4.78 is 0. The van der Waals surface area contributed by atoms with Crippen LogP contribution in [-0.4, -0.2) is 59.6 Å². The van der Waals surface area contributed by atoms with E-state index in [4.69, 9.17) is 0 Å². The minimum absolute atomic E-state index is 0.109. The zero-order valence-corrected chi connectivity index (χ0v) is 8.65. The molecule has 2 saturated heterocycles. The third-order valence-corrected chi connectivity index (χ3v) is 3.30. The lowest BCUT2D eigenvalue weighted by atomic mass is 10.2. The van der Waals surface area contributed by atoms with Crippen LogP contribution in [0.25, 0.3) is 0 Å². The van der Waals surface area contributed by atoms with Crippen LogP contribution in [0.15, 0.2) is 0 Å². The zero-order chi connectivity index (χ0) is 10.1. The van der Waals surface area contributed by atoms with Crippen molar-refractivity contribution in [3.63, 3.8) is 0 Å². The lowest BCUT2D eigenvalue weighted by molar-refractivity contribution is -0.128. The van der Waals surface area contributed by atoms with Crippen LogP contribution < -0.4 is 0 Å². The average Bonchev–Trinajstić information content (AvgIpc) is 2.62. The first-order valence-electron chi connectivity index (χ1n) is 5.33. The molecule has 0 aliphatic carbocycles. The summed E-state index contributed by atoms with van der Waals surface area (Å²) in [5, 5.41) is 9.33. The number of carbonyl (C=O) groups is 1. The van der Waals surface area contributed by atoms with Crippen molar-refractivity contribution in [3.05, 3.63) is 0 Å². The largest absolute Gasteiger partial charge is 0.391 e. The van der Waals surface area contributed by atoms with Gasteiger partial charge in [-0.3, -0.25) is 4.79 Å². The van der Waals surface area contributed by atoms with Crippen LogP contribution in [0, 0.1) is 0 Å².